The lowest BCUT2D eigenvalue weighted by atomic mass is 9.98. The first kappa shape index (κ1) is 18.6. The standard InChI is InChI=1S/C21H18F2N2O2/c1-13(2)17-8-3-14(11-19(17)23)12-20(26)18-9-10-24-25(21(18)27)16-6-4-15(22)5-7-16/h3-11,13H,12H2,1-2H3. The fraction of sp³-hybridized carbons (Fsp3) is 0.190. The lowest BCUT2D eigenvalue weighted by Crippen LogP contribution is -2.27. The van der Waals surface area contributed by atoms with Crippen LogP contribution in [0.2, 0.25) is 0 Å². The van der Waals surface area contributed by atoms with Crippen molar-refractivity contribution in [2.45, 2.75) is 26.2 Å². The summed E-state index contributed by atoms with van der Waals surface area (Å²) in [5.41, 5.74) is 0.764. The van der Waals surface area contributed by atoms with Crippen LogP contribution in [0.25, 0.3) is 5.69 Å². The molecule has 0 radical (unpaired) electrons. The number of hydrogen-bond donors (Lipinski definition) is 0. The van der Waals surface area contributed by atoms with Gasteiger partial charge in [0.2, 0.25) is 0 Å². The van der Waals surface area contributed by atoms with Crippen molar-refractivity contribution in [3.8, 4) is 5.69 Å². The Balaban J connectivity index is 1.90. The number of halogens is 2. The van der Waals surface area contributed by atoms with Crippen LogP contribution in [-0.4, -0.2) is 15.6 Å². The molecule has 0 atom stereocenters. The first-order chi connectivity index (χ1) is 12.9. The van der Waals surface area contributed by atoms with E-state index in [1.165, 1.54) is 42.6 Å². The minimum absolute atomic E-state index is 0.0397. The summed E-state index contributed by atoms with van der Waals surface area (Å²) in [6, 6.07) is 11.2. The molecule has 0 aliphatic heterocycles. The zero-order valence-corrected chi connectivity index (χ0v) is 14.9. The van der Waals surface area contributed by atoms with Gasteiger partial charge in [-0.3, -0.25) is 9.59 Å². The second-order valence-electron chi connectivity index (χ2n) is 6.55. The predicted octanol–water partition coefficient (Wildman–Crippen LogP) is 4.06. The normalized spacial score (nSPS) is 11.0. The summed E-state index contributed by atoms with van der Waals surface area (Å²) in [6.45, 7) is 3.77. The molecule has 0 unspecified atom stereocenters. The van der Waals surface area contributed by atoms with Crippen LogP contribution in [0.3, 0.4) is 0 Å². The molecule has 0 N–H and O–H groups in total. The molecule has 3 aromatic rings. The molecule has 0 saturated heterocycles. The molecule has 0 saturated carbocycles. The smallest absolute Gasteiger partial charge is 0.282 e. The van der Waals surface area contributed by atoms with E-state index >= 15 is 0 Å². The van der Waals surface area contributed by atoms with E-state index in [0.717, 1.165) is 4.68 Å². The number of benzene rings is 2. The maximum atomic E-state index is 14.1. The Kier molecular flexibility index (Phi) is 5.26. The van der Waals surface area contributed by atoms with E-state index in [4.69, 9.17) is 0 Å². The Labute approximate surface area is 155 Å². The Hall–Kier alpha value is -3.15. The number of rotatable bonds is 5. The van der Waals surface area contributed by atoms with Crippen LogP contribution in [0, 0.1) is 11.6 Å². The Morgan fingerprint density at radius 2 is 1.78 bits per heavy atom. The molecular formula is C21H18F2N2O2. The number of hydrogen-bond acceptors (Lipinski definition) is 3. The van der Waals surface area contributed by atoms with Gasteiger partial charge in [-0.25, -0.2) is 8.78 Å². The van der Waals surface area contributed by atoms with Crippen LogP contribution >= 0.6 is 0 Å². The molecule has 0 amide bonds. The summed E-state index contributed by atoms with van der Waals surface area (Å²) in [5.74, 6) is -1.20. The van der Waals surface area contributed by atoms with Gasteiger partial charge < -0.3 is 0 Å². The molecule has 138 valence electrons. The van der Waals surface area contributed by atoms with Crippen molar-refractivity contribution in [3.63, 3.8) is 0 Å². The summed E-state index contributed by atoms with van der Waals surface area (Å²) in [4.78, 5) is 25.2. The van der Waals surface area contributed by atoms with E-state index in [9.17, 15) is 18.4 Å². The topological polar surface area (TPSA) is 52.0 Å². The monoisotopic (exact) mass is 368 g/mol. The Bertz CT molecular complexity index is 1040. The Morgan fingerprint density at radius 1 is 1.07 bits per heavy atom. The van der Waals surface area contributed by atoms with Gasteiger partial charge in [-0.2, -0.15) is 9.78 Å². The summed E-state index contributed by atoms with van der Waals surface area (Å²) < 4.78 is 28.2. The molecular weight excluding hydrogens is 350 g/mol. The maximum absolute atomic E-state index is 14.1. The van der Waals surface area contributed by atoms with Crippen molar-refractivity contribution in [1.82, 2.24) is 9.78 Å². The number of nitrogens with zero attached hydrogens (tertiary/aromatic N) is 2. The van der Waals surface area contributed by atoms with Crippen LogP contribution in [-0.2, 0) is 6.42 Å². The van der Waals surface area contributed by atoms with Crippen LogP contribution in [0.5, 0.6) is 0 Å². The second-order valence-corrected chi connectivity index (χ2v) is 6.55. The lowest BCUT2D eigenvalue weighted by Gasteiger charge is -2.09. The first-order valence-electron chi connectivity index (χ1n) is 8.52. The van der Waals surface area contributed by atoms with Crippen molar-refractivity contribution in [1.29, 1.82) is 0 Å². The minimum atomic E-state index is -0.603. The third-order valence-electron chi connectivity index (χ3n) is 4.27. The van der Waals surface area contributed by atoms with Crippen molar-refractivity contribution < 1.29 is 13.6 Å². The van der Waals surface area contributed by atoms with Gasteiger partial charge in [-0.1, -0.05) is 26.0 Å². The second kappa shape index (κ2) is 7.61. The van der Waals surface area contributed by atoms with Crippen LogP contribution in [0.15, 0.2) is 59.5 Å². The highest BCUT2D eigenvalue weighted by Gasteiger charge is 2.16. The third-order valence-corrected chi connectivity index (χ3v) is 4.27. The number of Topliss-reactive ketones (excluding diaryl/α,β-unsaturated/α-hetero) is 1. The largest absolute Gasteiger partial charge is 0.294 e. The molecule has 3 rings (SSSR count). The molecule has 1 heterocycles. The van der Waals surface area contributed by atoms with Gasteiger partial charge in [0.1, 0.15) is 11.6 Å². The first-order valence-corrected chi connectivity index (χ1v) is 8.52. The van der Waals surface area contributed by atoms with Crippen molar-refractivity contribution in [3.05, 3.63) is 93.4 Å². The molecule has 0 aliphatic rings. The molecule has 0 spiro atoms. The highest BCUT2D eigenvalue weighted by atomic mass is 19.1. The van der Waals surface area contributed by atoms with Gasteiger partial charge >= 0.3 is 0 Å². The van der Waals surface area contributed by atoms with Crippen molar-refractivity contribution in [2.75, 3.05) is 0 Å². The van der Waals surface area contributed by atoms with E-state index in [-0.39, 0.29) is 23.7 Å². The van der Waals surface area contributed by atoms with E-state index in [0.29, 0.717) is 16.8 Å². The number of carbonyl (C=O) groups is 1. The number of aromatic nitrogens is 2. The van der Waals surface area contributed by atoms with Crippen molar-refractivity contribution >= 4 is 5.78 Å². The Morgan fingerprint density at radius 3 is 2.41 bits per heavy atom. The van der Waals surface area contributed by atoms with Crippen LogP contribution in [0.4, 0.5) is 8.78 Å². The van der Waals surface area contributed by atoms with E-state index in [2.05, 4.69) is 5.10 Å². The maximum Gasteiger partial charge on any atom is 0.282 e. The minimum Gasteiger partial charge on any atom is -0.294 e. The highest BCUT2D eigenvalue weighted by Crippen LogP contribution is 2.20. The van der Waals surface area contributed by atoms with Crippen molar-refractivity contribution in [2.24, 2.45) is 0 Å². The molecule has 27 heavy (non-hydrogen) atoms. The van der Waals surface area contributed by atoms with Gasteiger partial charge in [-0.15, -0.1) is 0 Å². The van der Waals surface area contributed by atoms with Gasteiger partial charge in [0.25, 0.3) is 5.56 Å². The molecule has 2 aromatic carbocycles. The van der Waals surface area contributed by atoms with Gasteiger partial charge in [-0.05, 0) is 53.4 Å². The molecule has 0 fully saturated rings. The van der Waals surface area contributed by atoms with Gasteiger partial charge in [0.05, 0.1) is 11.3 Å². The number of carbonyl (C=O) groups excluding carboxylic acids is 1. The molecule has 6 heteroatoms. The molecule has 0 bridgehead atoms. The van der Waals surface area contributed by atoms with E-state index < -0.39 is 17.2 Å². The van der Waals surface area contributed by atoms with Crippen LogP contribution < -0.4 is 5.56 Å². The van der Waals surface area contributed by atoms with Gasteiger partial charge in [0.15, 0.2) is 5.78 Å². The zero-order valence-electron chi connectivity index (χ0n) is 14.9. The quantitative estimate of drug-likeness (QED) is 0.638. The predicted molar refractivity (Wildman–Crippen MR) is 98.3 cm³/mol. The third kappa shape index (κ3) is 4.00. The number of ketones is 1. The molecule has 4 nitrogen and oxygen atoms in total. The molecule has 1 aromatic heterocycles. The van der Waals surface area contributed by atoms with Gasteiger partial charge in [0, 0.05) is 12.6 Å². The average Bonchev–Trinajstić information content (AvgIpc) is 2.62. The van der Waals surface area contributed by atoms with Crippen LogP contribution in [0.1, 0.15) is 41.3 Å². The summed E-state index contributed by atoms with van der Waals surface area (Å²) >= 11 is 0. The SMILES string of the molecule is CC(C)c1ccc(CC(=O)c2ccnn(-c3ccc(F)cc3)c2=O)cc1F. The fourth-order valence-corrected chi connectivity index (χ4v) is 2.82. The highest BCUT2D eigenvalue weighted by molar-refractivity contribution is 5.97. The molecule has 0 aliphatic carbocycles. The van der Waals surface area contributed by atoms with E-state index in [1.54, 1.807) is 12.1 Å². The summed E-state index contributed by atoms with van der Waals surface area (Å²) in [7, 11) is 0. The van der Waals surface area contributed by atoms with E-state index in [1.807, 2.05) is 13.8 Å². The average molecular weight is 368 g/mol. The zero-order chi connectivity index (χ0) is 19.6. The summed E-state index contributed by atoms with van der Waals surface area (Å²) in [5, 5.41) is 3.94. The summed E-state index contributed by atoms with van der Waals surface area (Å²) in [6.07, 6.45) is 1.23. The lowest BCUT2D eigenvalue weighted by molar-refractivity contribution is 0.0991. The fourth-order valence-electron chi connectivity index (χ4n) is 2.82.